The highest BCUT2D eigenvalue weighted by Gasteiger charge is 2.32. The zero-order valence-electron chi connectivity index (χ0n) is 28.1. The molecule has 0 saturated heterocycles. The number of benzene rings is 4. The second-order valence-electron chi connectivity index (χ2n) is 11.1. The first-order valence-electron chi connectivity index (χ1n) is 16.0. The van der Waals surface area contributed by atoms with E-state index in [-0.39, 0.29) is 12.2 Å². The van der Waals surface area contributed by atoms with Gasteiger partial charge in [0.2, 0.25) is 0 Å². The number of amides is 2. The first-order chi connectivity index (χ1) is 24.2. The largest absolute Gasteiger partial charge is 0.490 e. The van der Waals surface area contributed by atoms with Gasteiger partial charge in [-0.3, -0.25) is 5.43 Å². The third-order valence-corrected chi connectivity index (χ3v) is 7.92. The highest BCUT2D eigenvalue weighted by Crippen LogP contribution is 2.37. The minimum atomic E-state index is -1.19. The van der Waals surface area contributed by atoms with Crippen LogP contribution in [0.15, 0.2) is 89.2 Å². The molecule has 0 spiro atoms. The lowest BCUT2D eigenvalue weighted by atomic mass is 9.95. The summed E-state index contributed by atoms with van der Waals surface area (Å²) in [6.07, 6.45) is 0.305. The van der Waals surface area contributed by atoms with Gasteiger partial charge in [-0.25, -0.2) is 9.59 Å². The Morgan fingerprint density at radius 1 is 0.960 bits per heavy atom. The minimum absolute atomic E-state index is 0.181. The van der Waals surface area contributed by atoms with E-state index in [0.717, 1.165) is 16.3 Å². The Hall–Kier alpha value is -5.46. The molecule has 1 aliphatic rings. The number of nitrogens with zero attached hydrogens (tertiary/aromatic N) is 1. The topological polar surface area (TPSA) is 149 Å². The van der Waals surface area contributed by atoms with Gasteiger partial charge in [0.05, 0.1) is 43.2 Å². The fraction of sp³-hybridized carbons (Fsp3) is 0.270. The molecule has 0 saturated carbocycles. The predicted molar refractivity (Wildman–Crippen MR) is 190 cm³/mol. The molecule has 5 rings (SSSR count). The molecule has 0 fully saturated rings. The van der Waals surface area contributed by atoms with E-state index < -0.39 is 24.3 Å². The molecular formula is C37H39ClN4O8. The van der Waals surface area contributed by atoms with Crippen LogP contribution in [-0.4, -0.2) is 56.5 Å². The van der Waals surface area contributed by atoms with Gasteiger partial charge in [0, 0.05) is 5.70 Å². The minimum Gasteiger partial charge on any atom is -0.490 e. The molecule has 4 aromatic carbocycles. The quantitative estimate of drug-likeness (QED) is 0.0507. The van der Waals surface area contributed by atoms with Gasteiger partial charge in [-0.2, -0.15) is 5.10 Å². The number of hydrogen-bond donors (Lipinski definition) is 4. The zero-order chi connectivity index (χ0) is 35.6. The first-order valence-corrected chi connectivity index (χ1v) is 16.4. The Bertz CT molecular complexity index is 1910. The summed E-state index contributed by atoms with van der Waals surface area (Å²) in [6, 6.07) is 21.5. The molecule has 0 radical (unpaired) electrons. The van der Waals surface area contributed by atoms with E-state index in [4.69, 9.17) is 35.3 Å². The molecule has 1 heterocycles. The number of esters is 1. The molecule has 2 atom stereocenters. The number of aliphatic hydroxyl groups excluding tert-OH is 1. The van der Waals surface area contributed by atoms with Gasteiger partial charge in [0.15, 0.2) is 29.2 Å². The summed E-state index contributed by atoms with van der Waals surface area (Å²) >= 11 is 6.62. The maximum atomic E-state index is 12.5. The van der Waals surface area contributed by atoms with Crippen molar-refractivity contribution in [2.75, 3.05) is 26.9 Å². The standard InChI is InChI=1S/C37H39ClN4O8/c1-5-47-30-18-27(34-33(36(44)46-4)22(3)40-37(45)41-34)13-14-29(30)49-21-32(43)42-39-19-24-16-28(38)35(31(17-24)48-6-2)50-20-23-11-12-25-9-7-8-10-26(25)15-23/h7-19,32,34,42-43H,5-6,20-21H2,1-4H3,(H2,40,41,45)/b39-19-/t32-,34+/m1/s1. The summed E-state index contributed by atoms with van der Waals surface area (Å²) in [6.45, 7) is 6.15. The van der Waals surface area contributed by atoms with Crippen LogP contribution in [0.2, 0.25) is 5.02 Å². The maximum Gasteiger partial charge on any atom is 0.337 e. The lowest BCUT2D eigenvalue weighted by Crippen LogP contribution is -2.45. The van der Waals surface area contributed by atoms with Crippen molar-refractivity contribution in [3.63, 3.8) is 0 Å². The average molecular weight is 703 g/mol. The number of allylic oxidation sites excluding steroid dienone is 1. The Balaban J connectivity index is 1.21. The number of nitrogens with one attached hydrogen (secondary N) is 3. The highest BCUT2D eigenvalue weighted by molar-refractivity contribution is 6.32. The molecule has 12 nitrogen and oxygen atoms in total. The van der Waals surface area contributed by atoms with Gasteiger partial charge >= 0.3 is 12.0 Å². The molecule has 50 heavy (non-hydrogen) atoms. The van der Waals surface area contributed by atoms with Crippen LogP contribution in [0.1, 0.15) is 43.5 Å². The molecule has 0 bridgehead atoms. The van der Waals surface area contributed by atoms with Crippen molar-refractivity contribution in [1.29, 1.82) is 0 Å². The van der Waals surface area contributed by atoms with E-state index in [1.165, 1.54) is 13.3 Å². The summed E-state index contributed by atoms with van der Waals surface area (Å²) in [5, 5.41) is 22.7. The lowest BCUT2D eigenvalue weighted by molar-refractivity contribution is -0.136. The highest BCUT2D eigenvalue weighted by atomic mass is 35.5. The van der Waals surface area contributed by atoms with Crippen molar-refractivity contribution >= 4 is 40.6 Å². The number of methoxy groups -OCH3 is 1. The molecule has 0 unspecified atom stereocenters. The SMILES string of the molecule is CCOc1cc([C@@H]2NC(=O)NC(C)=C2C(=O)OC)ccc1OC[C@@H](O)N/N=C\c1cc(Cl)c(OCc2ccc3ccccc3c2)c(OCC)c1. The Morgan fingerprint density at radius 3 is 2.48 bits per heavy atom. The van der Waals surface area contributed by atoms with Crippen LogP contribution in [0.5, 0.6) is 23.0 Å². The summed E-state index contributed by atoms with van der Waals surface area (Å²) in [5.74, 6) is 1.01. The van der Waals surface area contributed by atoms with Crippen LogP contribution in [-0.2, 0) is 16.1 Å². The molecular weight excluding hydrogens is 664 g/mol. The first kappa shape index (κ1) is 35.8. The van der Waals surface area contributed by atoms with Gasteiger partial charge < -0.3 is 39.4 Å². The number of fused-ring (bicyclic) bond motifs is 1. The van der Waals surface area contributed by atoms with E-state index >= 15 is 0 Å². The van der Waals surface area contributed by atoms with Crippen molar-refractivity contribution in [3.05, 3.63) is 106 Å². The van der Waals surface area contributed by atoms with Crippen LogP contribution in [0.3, 0.4) is 0 Å². The van der Waals surface area contributed by atoms with Gasteiger partial charge in [0.25, 0.3) is 0 Å². The fourth-order valence-electron chi connectivity index (χ4n) is 5.37. The van der Waals surface area contributed by atoms with E-state index in [9.17, 15) is 14.7 Å². The molecule has 1 aliphatic heterocycles. The maximum absolute atomic E-state index is 12.5. The van der Waals surface area contributed by atoms with Crippen molar-refractivity contribution in [2.24, 2.45) is 5.10 Å². The number of halogens is 1. The molecule has 0 aromatic heterocycles. The number of hydrogen-bond acceptors (Lipinski definition) is 10. The van der Waals surface area contributed by atoms with Gasteiger partial charge in [-0.05, 0) is 78.6 Å². The van der Waals surface area contributed by atoms with Gasteiger partial charge in [-0.15, -0.1) is 0 Å². The van der Waals surface area contributed by atoms with E-state index in [0.29, 0.717) is 64.7 Å². The third kappa shape index (κ3) is 8.76. The summed E-state index contributed by atoms with van der Waals surface area (Å²) in [4.78, 5) is 24.7. The van der Waals surface area contributed by atoms with Crippen LogP contribution >= 0.6 is 11.6 Å². The molecule has 4 aromatic rings. The number of urea groups is 1. The van der Waals surface area contributed by atoms with E-state index in [2.05, 4.69) is 45.4 Å². The summed E-state index contributed by atoms with van der Waals surface area (Å²) in [5.41, 5.74) is 5.47. The molecule has 262 valence electrons. The van der Waals surface area contributed by atoms with Crippen LogP contribution < -0.4 is 35.0 Å². The van der Waals surface area contributed by atoms with Gasteiger partial charge in [-0.1, -0.05) is 54.1 Å². The molecule has 13 heteroatoms. The van der Waals surface area contributed by atoms with Crippen molar-refractivity contribution < 1.29 is 38.4 Å². The molecule has 2 amide bonds. The smallest absolute Gasteiger partial charge is 0.337 e. The van der Waals surface area contributed by atoms with Crippen LogP contribution in [0.25, 0.3) is 10.8 Å². The second kappa shape index (κ2) is 16.8. The third-order valence-electron chi connectivity index (χ3n) is 7.64. The number of ether oxygens (including phenoxy) is 5. The predicted octanol–water partition coefficient (Wildman–Crippen LogP) is 5.99. The Kier molecular flexibility index (Phi) is 12.0. The number of hydrazone groups is 1. The van der Waals surface area contributed by atoms with Crippen LogP contribution in [0, 0.1) is 0 Å². The molecule has 4 N–H and O–H groups in total. The summed E-state index contributed by atoms with van der Waals surface area (Å²) < 4.78 is 28.5. The van der Waals surface area contributed by atoms with Crippen molar-refractivity contribution in [1.82, 2.24) is 16.1 Å². The molecule has 0 aliphatic carbocycles. The van der Waals surface area contributed by atoms with E-state index in [1.807, 2.05) is 32.0 Å². The zero-order valence-corrected chi connectivity index (χ0v) is 28.9. The number of carbonyl (C=O) groups is 2. The van der Waals surface area contributed by atoms with Crippen LogP contribution in [0.4, 0.5) is 4.79 Å². The lowest BCUT2D eigenvalue weighted by Gasteiger charge is -2.28. The number of rotatable bonds is 15. The van der Waals surface area contributed by atoms with Crippen molar-refractivity contribution in [2.45, 2.75) is 39.6 Å². The number of aliphatic hydroxyl groups is 1. The fourth-order valence-corrected chi connectivity index (χ4v) is 5.64. The Labute approximate surface area is 295 Å². The van der Waals surface area contributed by atoms with Crippen molar-refractivity contribution in [3.8, 4) is 23.0 Å². The second-order valence-corrected chi connectivity index (χ2v) is 11.6. The van der Waals surface area contributed by atoms with E-state index in [1.54, 1.807) is 37.3 Å². The normalized spacial score (nSPS) is 14.9. The Morgan fingerprint density at radius 2 is 1.72 bits per heavy atom. The van der Waals surface area contributed by atoms with Gasteiger partial charge in [0.1, 0.15) is 13.2 Å². The monoisotopic (exact) mass is 702 g/mol. The summed E-state index contributed by atoms with van der Waals surface area (Å²) in [7, 11) is 1.27. The average Bonchev–Trinajstić information content (AvgIpc) is 3.10. The number of carbonyl (C=O) groups excluding carboxylic acids is 2.